The Labute approximate surface area is 89.8 Å². The topological polar surface area (TPSA) is 55.5 Å². The Balaban J connectivity index is 2.58. The van der Waals surface area contributed by atoms with Gasteiger partial charge in [0.15, 0.2) is 0 Å². The quantitative estimate of drug-likeness (QED) is 0.861. The number of nitrogens with two attached hydrogens (primary N) is 1. The minimum atomic E-state index is -0.725. The molecule has 1 atom stereocenters. The van der Waals surface area contributed by atoms with Crippen molar-refractivity contribution in [2.75, 3.05) is 13.2 Å². The maximum Gasteiger partial charge on any atom is 0.128 e. The molecule has 0 aliphatic heterocycles. The lowest BCUT2D eigenvalue weighted by Crippen LogP contribution is -2.26. The fourth-order valence-electron chi connectivity index (χ4n) is 0.872. The lowest BCUT2D eigenvalue weighted by molar-refractivity contribution is 0.114. The zero-order chi connectivity index (χ0) is 10.6. The first kappa shape index (κ1) is 11.4. The molecule has 0 saturated heterocycles. The second-order valence-electron chi connectivity index (χ2n) is 2.81. The summed E-state index contributed by atoms with van der Waals surface area (Å²) in [6.45, 7) is 0.183. The third kappa shape index (κ3) is 3.61. The zero-order valence-corrected chi connectivity index (χ0v) is 9.00. The highest BCUT2D eigenvalue weighted by Gasteiger charge is 2.04. The number of halogens is 2. The molecular formula is C9H11BrFNO2. The van der Waals surface area contributed by atoms with Crippen molar-refractivity contribution in [2.24, 2.45) is 5.73 Å². The molecule has 3 N–H and O–H groups in total. The van der Waals surface area contributed by atoms with Gasteiger partial charge in [0.2, 0.25) is 0 Å². The first-order valence-electron chi connectivity index (χ1n) is 4.09. The van der Waals surface area contributed by atoms with Crippen molar-refractivity contribution in [1.82, 2.24) is 0 Å². The molecule has 1 unspecified atom stereocenters. The van der Waals surface area contributed by atoms with Gasteiger partial charge in [-0.2, -0.15) is 0 Å². The Morgan fingerprint density at radius 2 is 2.21 bits per heavy atom. The van der Waals surface area contributed by atoms with E-state index in [2.05, 4.69) is 15.9 Å². The second kappa shape index (κ2) is 5.29. The molecule has 0 aromatic heterocycles. The van der Waals surface area contributed by atoms with Gasteiger partial charge < -0.3 is 15.6 Å². The number of hydrogen-bond donors (Lipinski definition) is 2. The molecule has 0 bridgehead atoms. The predicted octanol–water partition coefficient (Wildman–Crippen LogP) is 1.29. The molecule has 1 aromatic carbocycles. The van der Waals surface area contributed by atoms with Crippen molar-refractivity contribution in [2.45, 2.75) is 6.10 Å². The molecule has 0 amide bonds. The van der Waals surface area contributed by atoms with Crippen LogP contribution in [0, 0.1) is 5.82 Å². The summed E-state index contributed by atoms with van der Waals surface area (Å²) in [7, 11) is 0. The number of aliphatic hydroxyl groups is 1. The van der Waals surface area contributed by atoms with Crippen LogP contribution < -0.4 is 10.5 Å². The number of benzene rings is 1. The fourth-order valence-corrected chi connectivity index (χ4v) is 1.32. The largest absolute Gasteiger partial charge is 0.491 e. The number of hydrogen-bond acceptors (Lipinski definition) is 3. The molecule has 0 fully saturated rings. The third-order valence-electron chi connectivity index (χ3n) is 1.55. The minimum Gasteiger partial charge on any atom is -0.491 e. The first-order chi connectivity index (χ1) is 6.61. The van der Waals surface area contributed by atoms with Crippen LogP contribution in [-0.4, -0.2) is 24.4 Å². The zero-order valence-electron chi connectivity index (χ0n) is 7.41. The van der Waals surface area contributed by atoms with Gasteiger partial charge in [0.25, 0.3) is 0 Å². The molecule has 0 aliphatic carbocycles. The summed E-state index contributed by atoms with van der Waals surface area (Å²) in [5, 5.41) is 9.10. The molecule has 0 spiro atoms. The van der Waals surface area contributed by atoms with E-state index in [1.54, 1.807) is 6.07 Å². The van der Waals surface area contributed by atoms with Crippen LogP contribution >= 0.6 is 15.9 Å². The molecule has 5 heteroatoms. The molecule has 14 heavy (non-hydrogen) atoms. The summed E-state index contributed by atoms with van der Waals surface area (Å²) in [4.78, 5) is 0. The van der Waals surface area contributed by atoms with Crippen LogP contribution in [0.3, 0.4) is 0 Å². The second-order valence-corrected chi connectivity index (χ2v) is 3.72. The Morgan fingerprint density at radius 1 is 1.50 bits per heavy atom. The summed E-state index contributed by atoms with van der Waals surface area (Å²) in [6.07, 6.45) is -0.725. The van der Waals surface area contributed by atoms with Crippen molar-refractivity contribution in [3.05, 3.63) is 28.5 Å². The highest BCUT2D eigenvalue weighted by molar-refractivity contribution is 9.10. The van der Waals surface area contributed by atoms with E-state index in [1.165, 1.54) is 12.1 Å². The number of aliphatic hydroxyl groups excluding tert-OH is 1. The Hall–Kier alpha value is -0.650. The van der Waals surface area contributed by atoms with Crippen LogP contribution in [0.25, 0.3) is 0 Å². The minimum absolute atomic E-state index is 0.0619. The van der Waals surface area contributed by atoms with Crippen LogP contribution in [-0.2, 0) is 0 Å². The van der Waals surface area contributed by atoms with Gasteiger partial charge in [-0.05, 0) is 12.1 Å². The number of ether oxygens (including phenoxy) is 1. The first-order valence-corrected chi connectivity index (χ1v) is 4.88. The van der Waals surface area contributed by atoms with Gasteiger partial charge in [0.05, 0.1) is 0 Å². The smallest absolute Gasteiger partial charge is 0.128 e. The number of rotatable bonds is 4. The van der Waals surface area contributed by atoms with Gasteiger partial charge in [0.1, 0.15) is 24.3 Å². The van der Waals surface area contributed by atoms with E-state index in [4.69, 9.17) is 15.6 Å². The molecule has 78 valence electrons. The summed E-state index contributed by atoms with van der Waals surface area (Å²) in [5.41, 5.74) is 5.18. The van der Waals surface area contributed by atoms with E-state index in [0.29, 0.717) is 10.2 Å². The maximum atomic E-state index is 12.8. The van der Waals surface area contributed by atoms with E-state index in [0.717, 1.165) is 0 Å². The van der Waals surface area contributed by atoms with Crippen molar-refractivity contribution in [3.8, 4) is 5.75 Å². The monoisotopic (exact) mass is 263 g/mol. The van der Waals surface area contributed by atoms with E-state index < -0.39 is 11.9 Å². The fraction of sp³-hybridized carbons (Fsp3) is 0.333. The van der Waals surface area contributed by atoms with Crippen molar-refractivity contribution in [3.63, 3.8) is 0 Å². The predicted molar refractivity (Wildman–Crippen MR) is 54.7 cm³/mol. The standard InChI is InChI=1S/C9H11BrFNO2/c10-6-1-7(11)3-9(2-6)14-5-8(13)4-12/h1-3,8,13H,4-5,12H2. The summed E-state index contributed by atoms with van der Waals surface area (Å²) in [6, 6.07) is 4.19. The van der Waals surface area contributed by atoms with Crippen LogP contribution in [0.4, 0.5) is 4.39 Å². The van der Waals surface area contributed by atoms with Gasteiger partial charge in [-0.15, -0.1) is 0 Å². The van der Waals surface area contributed by atoms with Crippen LogP contribution in [0.1, 0.15) is 0 Å². The molecule has 1 aromatic rings. The molecule has 0 aliphatic rings. The van der Waals surface area contributed by atoms with E-state index in [9.17, 15) is 4.39 Å². The molecule has 0 radical (unpaired) electrons. The molecule has 0 heterocycles. The van der Waals surface area contributed by atoms with Gasteiger partial charge in [-0.1, -0.05) is 15.9 Å². The lowest BCUT2D eigenvalue weighted by atomic mass is 10.3. The van der Waals surface area contributed by atoms with Crippen LogP contribution in [0.5, 0.6) is 5.75 Å². The van der Waals surface area contributed by atoms with Crippen molar-refractivity contribution in [1.29, 1.82) is 0 Å². The summed E-state index contributed by atoms with van der Waals surface area (Å²) in [5.74, 6) is -0.0269. The third-order valence-corrected chi connectivity index (χ3v) is 2.01. The SMILES string of the molecule is NCC(O)COc1cc(F)cc(Br)c1. The summed E-state index contributed by atoms with van der Waals surface area (Å²) >= 11 is 3.13. The van der Waals surface area contributed by atoms with Crippen molar-refractivity contribution < 1.29 is 14.2 Å². The van der Waals surface area contributed by atoms with Crippen molar-refractivity contribution >= 4 is 15.9 Å². The maximum absolute atomic E-state index is 12.8. The molecule has 0 saturated carbocycles. The average Bonchev–Trinajstić information content (AvgIpc) is 2.12. The van der Waals surface area contributed by atoms with Gasteiger partial charge in [-0.25, -0.2) is 4.39 Å². The average molecular weight is 264 g/mol. The molecular weight excluding hydrogens is 253 g/mol. The highest BCUT2D eigenvalue weighted by atomic mass is 79.9. The van der Waals surface area contributed by atoms with Gasteiger partial charge in [-0.3, -0.25) is 0 Å². The van der Waals surface area contributed by atoms with Crippen LogP contribution in [0.2, 0.25) is 0 Å². The Morgan fingerprint density at radius 3 is 2.79 bits per heavy atom. The normalized spacial score (nSPS) is 12.6. The molecule has 1 rings (SSSR count). The Kier molecular flexibility index (Phi) is 4.31. The lowest BCUT2D eigenvalue weighted by Gasteiger charge is -2.10. The van der Waals surface area contributed by atoms with E-state index in [1.807, 2.05) is 0 Å². The van der Waals surface area contributed by atoms with E-state index >= 15 is 0 Å². The van der Waals surface area contributed by atoms with E-state index in [-0.39, 0.29) is 13.2 Å². The van der Waals surface area contributed by atoms with Gasteiger partial charge in [0, 0.05) is 17.1 Å². The molecule has 3 nitrogen and oxygen atoms in total. The highest BCUT2D eigenvalue weighted by Crippen LogP contribution is 2.20. The summed E-state index contributed by atoms with van der Waals surface area (Å²) < 4.78 is 18.5. The Bertz CT molecular complexity index is 289. The van der Waals surface area contributed by atoms with Crippen LogP contribution in [0.15, 0.2) is 22.7 Å². The van der Waals surface area contributed by atoms with Gasteiger partial charge >= 0.3 is 0 Å².